The Morgan fingerprint density at radius 1 is 0.727 bits per heavy atom. The molecule has 60 valence electrons. The molecule has 0 N–H and O–H groups in total. The van der Waals surface area contributed by atoms with E-state index in [1.165, 1.54) is 0 Å². The zero-order valence-electron chi connectivity index (χ0n) is 7.33. The number of rotatable bonds is 4. The van der Waals surface area contributed by atoms with Crippen LogP contribution >= 0.6 is 0 Å². The number of hydrogen-bond donors (Lipinski definition) is 0. The van der Waals surface area contributed by atoms with Crippen LogP contribution in [0.1, 0.15) is 20.3 Å². The van der Waals surface area contributed by atoms with Gasteiger partial charge in [0, 0.05) is 0 Å². The average Bonchev–Trinajstić information content (AvgIpc) is 2.03. The molecule has 0 radical (unpaired) electrons. The highest BCUT2D eigenvalue weighted by atomic mass is 13.7. The third kappa shape index (κ3) is 8.96. The largest absolute Gasteiger partial charge is 0.0914 e. The maximum Gasteiger partial charge on any atom is -0.0166 e. The van der Waals surface area contributed by atoms with Gasteiger partial charge in [-0.2, -0.15) is 0 Å². The summed E-state index contributed by atoms with van der Waals surface area (Å²) in [5.41, 5.74) is 0. The van der Waals surface area contributed by atoms with Gasteiger partial charge in [-0.1, -0.05) is 48.6 Å². The topological polar surface area (TPSA) is 0 Å². The summed E-state index contributed by atoms with van der Waals surface area (Å²) in [7, 11) is 0. The van der Waals surface area contributed by atoms with Crippen molar-refractivity contribution < 1.29 is 0 Å². The Morgan fingerprint density at radius 3 is 2.09 bits per heavy atom. The molecule has 0 saturated carbocycles. The Labute approximate surface area is 69.6 Å². The summed E-state index contributed by atoms with van der Waals surface area (Å²) < 4.78 is 0. The molecule has 0 atom stereocenters. The molecular formula is C11H16. The maximum atomic E-state index is 2.12. The lowest BCUT2D eigenvalue weighted by Crippen LogP contribution is -1.55. The van der Waals surface area contributed by atoms with E-state index in [0.717, 1.165) is 6.42 Å². The van der Waals surface area contributed by atoms with E-state index in [1.54, 1.807) is 0 Å². The summed E-state index contributed by atoms with van der Waals surface area (Å²) in [6.07, 6.45) is 17.5. The predicted molar refractivity (Wildman–Crippen MR) is 52.5 cm³/mol. The van der Waals surface area contributed by atoms with Gasteiger partial charge in [-0.15, -0.1) is 0 Å². The fourth-order valence-corrected chi connectivity index (χ4v) is 0.611. The number of allylic oxidation sites excluding steroid dienone is 8. The molecule has 0 aliphatic carbocycles. The van der Waals surface area contributed by atoms with Crippen LogP contribution in [0.5, 0.6) is 0 Å². The lowest BCUT2D eigenvalue weighted by atomic mass is 10.3. The fourth-order valence-electron chi connectivity index (χ4n) is 0.611. The second-order valence-corrected chi connectivity index (χ2v) is 2.14. The number of hydrogen-bond acceptors (Lipinski definition) is 0. The van der Waals surface area contributed by atoms with Crippen LogP contribution in [-0.2, 0) is 0 Å². The van der Waals surface area contributed by atoms with Gasteiger partial charge < -0.3 is 0 Å². The van der Waals surface area contributed by atoms with Crippen molar-refractivity contribution in [2.75, 3.05) is 0 Å². The van der Waals surface area contributed by atoms with Crippen LogP contribution in [-0.4, -0.2) is 0 Å². The van der Waals surface area contributed by atoms with Gasteiger partial charge in [0.2, 0.25) is 0 Å². The first kappa shape index (κ1) is 9.96. The third-order valence-electron chi connectivity index (χ3n) is 1.17. The van der Waals surface area contributed by atoms with Gasteiger partial charge in [0.25, 0.3) is 0 Å². The van der Waals surface area contributed by atoms with E-state index in [-0.39, 0.29) is 0 Å². The van der Waals surface area contributed by atoms with Crippen molar-refractivity contribution in [3.63, 3.8) is 0 Å². The Hall–Kier alpha value is -1.04. The molecule has 11 heavy (non-hydrogen) atoms. The van der Waals surface area contributed by atoms with Crippen LogP contribution in [0, 0.1) is 0 Å². The maximum absolute atomic E-state index is 2.12. The van der Waals surface area contributed by atoms with Crippen LogP contribution in [0.25, 0.3) is 0 Å². The van der Waals surface area contributed by atoms with Crippen molar-refractivity contribution >= 4 is 0 Å². The molecule has 0 unspecified atom stereocenters. The molecule has 0 nitrogen and oxygen atoms in total. The molecule has 0 aliphatic heterocycles. The molecule has 0 saturated heterocycles. The normalized spacial score (nSPS) is 13.3. The molecular weight excluding hydrogens is 132 g/mol. The molecule has 0 aromatic heterocycles. The van der Waals surface area contributed by atoms with Crippen molar-refractivity contribution in [1.82, 2.24) is 0 Å². The Morgan fingerprint density at radius 2 is 1.45 bits per heavy atom. The highest BCUT2D eigenvalue weighted by molar-refractivity contribution is 5.11. The molecule has 0 fully saturated rings. The standard InChI is InChI=1S/C11H16/c1-3-5-7-9-11-10-8-6-4-2/h3-7,9-11H,8H2,1-2H3. The minimum absolute atomic E-state index is 1.02. The lowest BCUT2D eigenvalue weighted by molar-refractivity contribution is 1.38. The Balaban J connectivity index is 3.43. The van der Waals surface area contributed by atoms with E-state index >= 15 is 0 Å². The van der Waals surface area contributed by atoms with E-state index in [0.29, 0.717) is 0 Å². The van der Waals surface area contributed by atoms with Gasteiger partial charge in [-0.05, 0) is 20.3 Å². The molecule has 0 aromatic rings. The highest BCUT2D eigenvalue weighted by Crippen LogP contribution is 1.86. The van der Waals surface area contributed by atoms with Crippen molar-refractivity contribution in [3.8, 4) is 0 Å². The van der Waals surface area contributed by atoms with Crippen molar-refractivity contribution in [2.24, 2.45) is 0 Å². The quantitative estimate of drug-likeness (QED) is 0.422. The van der Waals surface area contributed by atoms with Gasteiger partial charge in [0.05, 0.1) is 0 Å². The molecule has 0 bridgehead atoms. The van der Waals surface area contributed by atoms with Crippen molar-refractivity contribution in [3.05, 3.63) is 48.6 Å². The van der Waals surface area contributed by atoms with E-state index in [4.69, 9.17) is 0 Å². The molecule has 0 heteroatoms. The minimum atomic E-state index is 1.02. The van der Waals surface area contributed by atoms with Gasteiger partial charge in [-0.25, -0.2) is 0 Å². The van der Waals surface area contributed by atoms with E-state index < -0.39 is 0 Å². The van der Waals surface area contributed by atoms with Crippen molar-refractivity contribution in [2.45, 2.75) is 20.3 Å². The molecule has 0 amide bonds. The summed E-state index contributed by atoms with van der Waals surface area (Å²) in [6.45, 7) is 4.04. The van der Waals surface area contributed by atoms with E-state index in [9.17, 15) is 0 Å². The van der Waals surface area contributed by atoms with Gasteiger partial charge in [0.1, 0.15) is 0 Å². The second kappa shape index (κ2) is 8.96. The van der Waals surface area contributed by atoms with E-state index in [1.807, 2.05) is 38.2 Å². The zero-order valence-corrected chi connectivity index (χ0v) is 7.33. The third-order valence-corrected chi connectivity index (χ3v) is 1.17. The predicted octanol–water partition coefficient (Wildman–Crippen LogP) is 3.64. The SMILES string of the molecule is CC=CC=CC=CCC=CC. The smallest absolute Gasteiger partial charge is 0.0166 e. The minimum Gasteiger partial charge on any atom is -0.0914 e. The van der Waals surface area contributed by atoms with Crippen molar-refractivity contribution in [1.29, 1.82) is 0 Å². The fraction of sp³-hybridized carbons (Fsp3) is 0.273. The summed E-state index contributed by atoms with van der Waals surface area (Å²) in [5, 5.41) is 0. The summed E-state index contributed by atoms with van der Waals surface area (Å²) in [4.78, 5) is 0. The first-order valence-corrected chi connectivity index (χ1v) is 3.97. The van der Waals surface area contributed by atoms with Crippen LogP contribution in [0.2, 0.25) is 0 Å². The zero-order chi connectivity index (χ0) is 8.36. The highest BCUT2D eigenvalue weighted by Gasteiger charge is 1.65. The molecule has 0 spiro atoms. The first-order valence-electron chi connectivity index (χ1n) is 3.97. The summed E-state index contributed by atoms with van der Waals surface area (Å²) >= 11 is 0. The van der Waals surface area contributed by atoms with E-state index in [2.05, 4.69) is 24.3 Å². The summed E-state index contributed by atoms with van der Waals surface area (Å²) in [6, 6.07) is 0. The summed E-state index contributed by atoms with van der Waals surface area (Å²) in [5.74, 6) is 0. The second-order valence-electron chi connectivity index (χ2n) is 2.14. The Kier molecular flexibility index (Phi) is 8.11. The molecule has 0 rings (SSSR count). The lowest BCUT2D eigenvalue weighted by Gasteiger charge is -1.76. The molecule has 0 aromatic carbocycles. The van der Waals surface area contributed by atoms with Gasteiger partial charge in [-0.3, -0.25) is 0 Å². The first-order chi connectivity index (χ1) is 5.41. The average molecular weight is 148 g/mol. The van der Waals surface area contributed by atoms with Crippen LogP contribution in [0.15, 0.2) is 48.6 Å². The van der Waals surface area contributed by atoms with Crippen LogP contribution in [0.4, 0.5) is 0 Å². The van der Waals surface area contributed by atoms with Crippen LogP contribution < -0.4 is 0 Å². The van der Waals surface area contributed by atoms with Gasteiger partial charge in [0.15, 0.2) is 0 Å². The van der Waals surface area contributed by atoms with Crippen LogP contribution in [0.3, 0.4) is 0 Å². The molecule has 0 heterocycles. The Bertz CT molecular complexity index is 168. The van der Waals surface area contributed by atoms with Gasteiger partial charge >= 0.3 is 0 Å². The monoisotopic (exact) mass is 148 g/mol. The molecule has 0 aliphatic rings.